The van der Waals surface area contributed by atoms with Gasteiger partial charge in [0.05, 0.1) is 17.4 Å². The standard InChI is InChI=1S/C13H19N3O/c1-10-5-6-11(9-14-10)16-12(17)13(2)7-3-4-8-15-13/h5-6,9,15H,3-4,7-8H2,1-2H3,(H,16,17). The van der Waals surface area contributed by atoms with Crippen LogP contribution in [0.1, 0.15) is 31.9 Å². The van der Waals surface area contributed by atoms with Crippen LogP contribution in [-0.2, 0) is 4.79 Å². The first-order chi connectivity index (χ1) is 8.10. The van der Waals surface area contributed by atoms with Gasteiger partial charge in [0.25, 0.3) is 0 Å². The van der Waals surface area contributed by atoms with Gasteiger partial charge in [0, 0.05) is 5.69 Å². The summed E-state index contributed by atoms with van der Waals surface area (Å²) in [6, 6.07) is 3.78. The van der Waals surface area contributed by atoms with E-state index in [2.05, 4.69) is 15.6 Å². The zero-order valence-electron chi connectivity index (χ0n) is 10.4. The predicted octanol–water partition coefficient (Wildman–Crippen LogP) is 1.86. The molecule has 0 aliphatic carbocycles. The molecule has 2 heterocycles. The molecule has 0 spiro atoms. The van der Waals surface area contributed by atoms with Crippen molar-refractivity contribution in [1.29, 1.82) is 0 Å². The molecule has 1 aliphatic heterocycles. The Labute approximate surface area is 102 Å². The SMILES string of the molecule is Cc1ccc(NC(=O)C2(C)CCCCN2)cn1. The average molecular weight is 233 g/mol. The summed E-state index contributed by atoms with van der Waals surface area (Å²) in [5.41, 5.74) is 1.27. The lowest BCUT2D eigenvalue weighted by Gasteiger charge is -2.33. The van der Waals surface area contributed by atoms with Crippen LogP contribution in [0.25, 0.3) is 0 Å². The number of amides is 1. The lowest BCUT2D eigenvalue weighted by Crippen LogP contribution is -2.54. The van der Waals surface area contributed by atoms with Crippen molar-refractivity contribution in [1.82, 2.24) is 10.3 Å². The number of rotatable bonds is 2. The number of nitrogens with zero attached hydrogens (tertiary/aromatic N) is 1. The zero-order valence-corrected chi connectivity index (χ0v) is 10.4. The van der Waals surface area contributed by atoms with Gasteiger partial charge in [0.2, 0.25) is 5.91 Å². The Bertz CT molecular complexity index is 394. The normalized spacial score (nSPS) is 24.4. The van der Waals surface area contributed by atoms with Gasteiger partial charge in [0.1, 0.15) is 0 Å². The van der Waals surface area contributed by atoms with Gasteiger partial charge in [-0.05, 0) is 51.8 Å². The van der Waals surface area contributed by atoms with Crippen LogP contribution < -0.4 is 10.6 Å². The van der Waals surface area contributed by atoms with Crippen molar-refractivity contribution < 1.29 is 4.79 Å². The van der Waals surface area contributed by atoms with Crippen LogP contribution in [0.2, 0.25) is 0 Å². The van der Waals surface area contributed by atoms with E-state index >= 15 is 0 Å². The van der Waals surface area contributed by atoms with E-state index in [1.165, 1.54) is 0 Å². The summed E-state index contributed by atoms with van der Waals surface area (Å²) >= 11 is 0. The number of hydrogen-bond donors (Lipinski definition) is 2. The fourth-order valence-corrected chi connectivity index (χ4v) is 2.06. The molecule has 1 saturated heterocycles. The highest BCUT2D eigenvalue weighted by Crippen LogP contribution is 2.20. The van der Waals surface area contributed by atoms with Crippen molar-refractivity contribution in [2.75, 3.05) is 11.9 Å². The number of carbonyl (C=O) groups excluding carboxylic acids is 1. The molecular formula is C13H19N3O. The molecule has 17 heavy (non-hydrogen) atoms. The summed E-state index contributed by atoms with van der Waals surface area (Å²) in [5, 5.41) is 6.21. The number of carbonyl (C=O) groups is 1. The molecule has 4 nitrogen and oxygen atoms in total. The Morgan fingerprint density at radius 1 is 1.47 bits per heavy atom. The van der Waals surface area contributed by atoms with Crippen LogP contribution >= 0.6 is 0 Å². The van der Waals surface area contributed by atoms with Gasteiger partial charge >= 0.3 is 0 Å². The van der Waals surface area contributed by atoms with E-state index < -0.39 is 5.54 Å². The Balaban J connectivity index is 2.03. The van der Waals surface area contributed by atoms with E-state index in [0.717, 1.165) is 37.2 Å². The van der Waals surface area contributed by atoms with Crippen molar-refractivity contribution in [3.8, 4) is 0 Å². The number of aryl methyl sites for hydroxylation is 1. The van der Waals surface area contributed by atoms with E-state index in [9.17, 15) is 4.79 Å². The van der Waals surface area contributed by atoms with Crippen molar-refractivity contribution >= 4 is 11.6 Å². The molecular weight excluding hydrogens is 214 g/mol. The van der Waals surface area contributed by atoms with E-state index in [0.29, 0.717) is 0 Å². The smallest absolute Gasteiger partial charge is 0.244 e. The molecule has 1 unspecified atom stereocenters. The van der Waals surface area contributed by atoms with Gasteiger partial charge in [-0.3, -0.25) is 9.78 Å². The lowest BCUT2D eigenvalue weighted by molar-refractivity contribution is -0.122. The zero-order chi connectivity index (χ0) is 12.3. The second-order valence-corrected chi connectivity index (χ2v) is 4.86. The molecule has 0 aromatic carbocycles. The van der Waals surface area contributed by atoms with Gasteiger partial charge in [0.15, 0.2) is 0 Å². The quantitative estimate of drug-likeness (QED) is 0.819. The van der Waals surface area contributed by atoms with E-state index in [4.69, 9.17) is 0 Å². The van der Waals surface area contributed by atoms with Gasteiger partial charge in [-0.2, -0.15) is 0 Å². The number of nitrogens with one attached hydrogen (secondary N) is 2. The summed E-state index contributed by atoms with van der Waals surface area (Å²) < 4.78 is 0. The summed E-state index contributed by atoms with van der Waals surface area (Å²) in [7, 11) is 0. The largest absolute Gasteiger partial charge is 0.323 e. The van der Waals surface area contributed by atoms with Gasteiger partial charge < -0.3 is 10.6 Å². The molecule has 1 aromatic heterocycles. The maximum absolute atomic E-state index is 12.2. The van der Waals surface area contributed by atoms with Crippen molar-refractivity contribution in [2.24, 2.45) is 0 Å². The highest BCUT2D eigenvalue weighted by Gasteiger charge is 2.34. The summed E-state index contributed by atoms with van der Waals surface area (Å²) in [5.74, 6) is 0.0304. The van der Waals surface area contributed by atoms with E-state index in [1.54, 1.807) is 6.20 Å². The summed E-state index contributed by atoms with van der Waals surface area (Å²) in [6.45, 7) is 4.80. The fourth-order valence-electron chi connectivity index (χ4n) is 2.06. The number of pyridine rings is 1. The third-order valence-corrected chi connectivity index (χ3v) is 3.29. The maximum atomic E-state index is 12.2. The molecule has 0 radical (unpaired) electrons. The minimum Gasteiger partial charge on any atom is -0.323 e. The molecule has 4 heteroatoms. The van der Waals surface area contributed by atoms with Crippen molar-refractivity contribution in [3.05, 3.63) is 24.0 Å². The number of piperidine rings is 1. The van der Waals surface area contributed by atoms with Crippen molar-refractivity contribution in [2.45, 2.75) is 38.6 Å². The minimum absolute atomic E-state index is 0.0304. The highest BCUT2D eigenvalue weighted by atomic mass is 16.2. The molecule has 0 saturated carbocycles. The fraction of sp³-hybridized carbons (Fsp3) is 0.538. The maximum Gasteiger partial charge on any atom is 0.244 e. The molecule has 1 aromatic rings. The van der Waals surface area contributed by atoms with Gasteiger partial charge in [-0.25, -0.2) is 0 Å². The monoisotopic (exact) mass is 233 g/mol. The Hall–Kier alpha value is -1.42. The van der Waals surface area contributed by atoms with Crippen LogP contribution in [0, 0.1) is 6.92 Å². The molecule has 1 fully saturated rings. The van der Waals surface area contributed by atoms with Crippen LogP contribution in [-0.4, -0.2) is 23.0 Å². The van der Waals surface area contributed by atoms with E-state index in [1.807, 2.05) is 26.0 Å². The summed E-state index contributed by atoms with van der Waals surface area (Å²) in [6.07, 6.45) is 4.83. The highest BCUT2D eigenvalue weighted by molar-refractivity contribution is 5.97. The third-order valence-electron chi connectivity index (χ3n) is 3.29. The number of anilines is 1. The Kier molecular flexibility index (Phi) is 3.43. The van der Waals surface area contributed by atoms with Crippen molar-refractivity contribution in [3.63, 3.8) is 0 Å². The van der Waals surface area contributed by atoms with Gasteiger partial charge in [-0.1, -0.05) is 0 Å². The minimum atomic E-state index is -0.441. The molecule has 1 amide bonds. The van der Waals surface area contributed by atoms with Crippen LogP contribution in [0.3, 0.4) is 0 Å². The second kappa shape index (κ2) is 4.84. The average Bonchev–Trinajstić information content (AvgIpc) is 2.33. The number of hydrogen-bond acceptors (Lipinski definition) is 3. The Morgan fingerprint density at radius 3 is 2.88 bits per heavy atom. The topological polar surface area (TPSA) is 54.0 Å². The molecule has 1 atom stereocenters. The van der Waals surface area contributed by atoms with Gasteiger partial charge in [-0.15, -0.1) is 0 Å². The molecule has 1 aliphatic rings. The summed E-state index contributed by atoms with van der Waals surface area (Å²) in [4.78, 5) is 16.3. The van der Waals surface area contributed by atoms with E-state index in [-0.39, 0.29) is 5.91 Å². The molecule has 2 rings (SSSR count). The second-order valence-electron chi connectivity index (χ2n) is 4.86. The predicted molar refractivity (Wildman–Crippen MR) is 67.9 cm³/mol. The molecule has 2 N–H and O–H groups in total. The number of aromatic nitrogens is 1. The van der Waals surface area contributed by atoms with Crippen LogP contribution in [0.4, 0.5) is 5.69 Å². The third kappa shape index (κ3) is 2.82. The Morgan fingerprint density at radius 2 is 2.29 bits per heavy atom. The first kappa shape index (κ1) is 12.0. The first-order valence-corrected chi connectivity index (χ1v) is 6.09. The molecule has 0 bridgehead atoms. The molecule has 92 valence electrons. The van der Waals surface area contributed by atoms with Crippen LogP contribution in [0.15, 0.2) is 18.3 Å². The lowest BCUT2D eigenvalue weighted by atomic mass is 9.90. The first-order valence-electron chi connectivity index (χ1n) is 6.09. The van der Waals surface area contributed by atoms with Crippen LogP contribution in [0.5, 0.6) is 0 Å².